The van der Waals surface area contributed by atoms with Crippen molar-refractivity contribution in [1.29, 1.82) is 0 Å². The first-order valence-electron chi connectivity index (χ1n) is 10.1. The van der Waals surface area contributed by atoms with Crippen molar-refractivity contribution in [2.45, 2.75) is 25.0 Å². The Morgan fingerprint density at radius 1 is 1.17 bits per heavy atom. The van der Waals surface area contributed by atoms with Crippen LogP contribution in [0.1, 0.15) is 18.4 Å². The van der Waals surface area contributed by atoms with Gasteiger partial charge in [0.25, 0.3) is 0 Å². The molecule has 2 aliphatic rings. The molecule has 1 aromatic rings. The number of carbonyl (C=O) groups excluding carboxylic acids is 2. The van der Waals surface area contributed by atoms with Gasteiger partial charge in [0.05, 0.1) is 22.8 Å². The quantitative estimate of drug-likeness (QED) is 0.634. The second-order valence-electron chi connectivity index (χ2n) is 7.68. The van der Waals surface area contributed by atoms with Crippen molar-refractivity contribution in [3.8, 4) is 0 Å². The van der Waals surface area contributed by atoms with Crippen molar-refractivity contribution in [2.75, 3.05) is 45.9 Å². The average Bonchev–Trinajstić information content (AvgIpc) is 2.99. The number of amides is 2. The van der Waals surface area contributed by atoms with Crippen molar-refractivity contribution in [2.24, 2.45) is 0 Å². The highest BCUT2D eigenvalue weighted by molar-refractivity contribution is 6.42. The molecule has 0 aromatic heterocycles. The minimum Gasteiger partial charge on any atom is -0.395 e. The summed E-state index contributed by atoms with van der Waals surface area (Å²) in [7, 11) is 0. The lowest BCUT2D eigenvalue weighted by molar-refractivity contribution is -0.130. The summed E-state index contributed by atoms with van der Waals surface area (Å²) in [6.07, 6.45) is 3.56. The van der Waals surface area contributed by atoms with Gasteiger partial charge in [-0.2, -0.15) is 0 Å². The number of β-amino-alcohol motifs (C(OH)–C–C–N with tert-alkyl or cyclic N) is 1. The Labute approximate surface area is 186 Å². The zero-order valence-corrected chi connectivity index (χ0v) is 18.2. The zero-order chi connectivity index (χ0) is 21.7. The number of rotatable bonds is 6. The Hall–Kier alpha value is -1.64. The fraction of sp³-hybridized carbons (Fsp3) is 0.524. The van der Waals surface area contributed by atoms with Crippen molar-refractivity contribution in [1.82, 2.24) is 14.7 Å². The predicted molar refractivity (Wildman–Crippen MR) is 116 cm³/mol. The van der Waals surface area contributed by atoms with Gasteiger partial charge in [0.1, 0.15) is 0 Å². The molecular formula is C21H27Cl2N3O4. The van der Waals surface area contributed by atoms with Crippen LogP contribution in [-0.4, -0.2) is 94.7 Å². The van der Waals surface area contributed by atoms with Gasteiger partial charge < -0.3 is 20.0 Å². The molecule has 9 heteroatoms. The number of benzene rings is 1. The molecule has 0 unspecified atom stereocenters. The van der Waals surface area contributed by atoms with E-state index < -0.39 is 6.10 Å². The summed E-state index contributed by atoms with van der Waals surface area (Å²) in [6.45, 7) is 2.92. The van der Waals surface area contributed by atoms with E-state index in [1.165, 1.54) is 6.08 Å². The monoisotopic (exact) mass is 455 g/mol. The molecule has 164 valence electrons. The molecule has 0 spiro atoms. The first-order chi connectivity index (χ1) is 14.4. The second kappa shape index (κ2) is 10.6. The standard InChI is InChI=1S/C21H27Cl2N3O4/c22-18-3-1-15(11-19(18)23)2-4-20(29)24-6-5-21(30)25(8-7-24)9-10-26-13-17(28)12-16(26)14-27/h1-4,11,16-17,27-28H,5-10,12-14H2/b4-2+/t16-,17+/m0/s1. The summed E-state index contributed by atoms with van der Waals surface area (Å²) in [5.41, 5.74) is 0.775. The van der Waals surface area contributed by atoms with Gasteiger partial charge >= 0.3 is 0 Å². The normalized spacial score (nSPS) is 23.4. The predicted octanol–water partition coefficient (Wildman–Crippen LogP) is 1.50. The topological polar surface area (TPSA) is 84.3 Å². The van der Waals surface area contributed by atoms with E-state index in [4.69, 9.17) is 23.2 Å². The van der Waals surface area contributed by atoms with Gasteiger partial charge in [-0.3, -0.25) is 14.5 Å². The van der Waals surface area contributed by atoms with E-state index in [9.17, 15) is 19.8 Å². The molecule has 0 saturated carbocycles. The molecule has 0 radical (unpaired) electrons. The van der Waals surface area contributed by atoms with Gasteiger partial charge in [-0.25, -0.2) is 0 Å². The van der Waals surface area contributed by atoms with Gasteiger partial charge in [-0.1, -0.05) is 29.3 Å². The summed E-state index contributed by atoms with van der Waals surface area (Å²) < 4.78 is 0. The number of halogens is 2. The first kappa shape index (κ1) is 23.0. The highest BCUT2D eigenvalue weighted by Gasteiger charge is 2.31. The third-order valence-corrected chi connectivity index (χ3v) is 6.37. The van der Waals surface area contributed by atoms with E-state index in [1.807, 2.05) is 4.90 Å². The molecular weight excluding hydrogens is 429 g/mol. The van der Waals surface area contributed by atoms with Crippen molar-refractivity contribution < 1.29 is 19.8 Å². The van der Waals surface area contributed by atoms with Crippen LogP contribution in [0, 0.1) is 0 Å². The van der Waals surface area contributed by atoms with Gasteiger partial charge in [0, 0.05) is 57.8 Å². The summed E-state index contributed by atoms with van der Waals surface area (Å²) in [6, 6.07) is 5.08. The van der Waals surface area contributed by atoms with Crippen molar-refractivity contribution >= 4 is 41.1 Å². The van der Waals surface area contributed by atoms with E-state index >= 15 is 0 Å². The molecule has 2 amide bonds. The number of aliphatic hydroxyl groups excluding tert-OH is 2. The van der Waals surface area contributed by atoms with Gasteiger partial charge in [-0.05, 0) is 30.2 Å². The first-order valence-corrected chi connectivity index (χ1v) is 10.9. The smallest absolute Gasteiger partial charge is 0.246 e. The van der Waals surface area contributed by atoms with E-state index in [0.717, 1.165) is 5.56 Å². The maximum Gasteiger partial charge on any atom is 0.246 e. The van der Waals surface area contributed by atoms with E-state index in [1.54, 1.807) is 34.1 Å². The summed E-state index contributed by atoms with van der Waals surface area (Å²) in [4.78, 5) is 30.5. The maximum absolute atomic E-state index is 12.6. The molecule has 2 N–H and O–H groups in total. The molecule has 0 bridgehead atoms. The summed E-state index contributed by atoms with van der Waals surface area (Å²) in [5, 5.41) is 20.1. The molecule has 2 heterocycles. The fourth-order valence-corrected chi connectivity index (χ4v) is 4.19. The third kappa shape index (κ3) is 5.95. The lowest BCUT2D eigenvalue weighted by atomic mass is 10.2. The summed E-state index contributed by atoms with van der Waals surface area (Å²) in [5.74, 6) is -0.141. The van der Waals surface area contributed by atoms with Crippen LogP contribution in [0.4, 0.5) is 0 Å². The molecule has 2 saturated heterocycles. The lowest BCUT2D eigenvalue weighted by Gasteiger charge is -2.27. The number of carbonyl (C=O) groups is 2. The number of nitrogens with zero attached hydrogens (tertiary/aromatic N) is 3. The highest BCUT2D eigenvalue weighted by Crippen LogP contribution is 2.23. The van der Waals surface area contributed by atoms with Crippen LogP contribution in [0.25, 0.3) is 6.08 Å². The highest BCUT2D eigenvalue weighted by atomic mass is 35.5. The number of aliphatic hydroxyl groups is 2. The SMILES string of the molecule is O=C(/C=C/c1ccc(Cl)c(Cl)c1)N1CCC(=O)N(CCN2C[C@H](O)C[C@H]2CO)CC1. The Morgan fingerprint density at radius 2 is 1.97 bits per heavy atom. The third-order valence-electron chi connectivity index (χ3n) is 5.64. The Bertz CT molecular complexity index is 804. The van der Waals surface area contributed by atoms with Gasteiger partial charge in [-0.15, -0.1) is 0 Å². The number of hydrogen-bond donors (Lipinski definition) is 2. The van der Waals surface area contributed by atoms with Crippen LogP contribution in [0.5, 0.6) is 0 Å². The summed E-state index contributed by atoms with van der Waals surface area (Å²) >= 11 is 11.9. The molecule has 30 heavy (non-hydrogen) atoms. The molecule has 2 aliphatic heterocycles. The molecule has 7 nitrogen and oxygen atoms in total. The van der Waals surface area contributed by atoms with Crippen LogP contribution in [-0.2, 0) is 9.59 Å². The average molecular weight is 456 g/mol. The van der Waals surface area contributed by atoms with Crippen LogP contribution in [0.3, 0.4) is 0 Å². The Kier molecular flexibility index (Phi) is 8.13. The molecule has 3 rings (SSSR count). The van der Waals surface area contributed by atoms with Gasteiger partial charge in [0.2, 0.25) is 11.8 Å². The van der Waals surface area contributed by atoms with E-state index in [0.29, 0.717) is 55.7 Å². The second-order valence-corrected chi connectivity index (χ2v) is 8.50. The molecule has 2 atom stereocenters. The molecule has 1 aromatic carbocycles. The van der Waals surface area contributed by atoms with Gasteiger partial charge in [0.15, 0.2) is 0 Å². The number of hydrogen-bond acceptors (Lipinski definition) is 5. The van der Waals surface area contributed by atoms with Crippen molar-refractivity contribution in [3.63, 3.8) is 0 Å². The molecule has 2 fully saturated rings. The number of likely N-dealkylation sites (tertiary alicyclic amines) is 1. The van der Waals surface area contributed by atoms with E-state index in [2.05, 4.69) is 0 Å². The Balaban J connectivity index is 1.52. The largest absolute Gasteiger partial charge is 0.395 e. The zero-order valence-electron chi connectivity index (χ0n) is 16.7. The van der Waals surface area contributed by atoms with Crippen LogP contribution >= 0.6 is 23.2 Å². The lowest BCUT2D eigenvalue weighted by Crippen LogP contribution is -2.42. The van der Waals surface area contributed by atoms with Crippen molar-refractivity contribution in [3.05, 3.63) is 39.9 Å². The van der Waals surface area contributed by atoms with Crippen LogP contribution in [0.2, 0.25) is 10.0 Å². The van der Waals surface area contributed by atoms with Crippen LogP contribution in [0.15, 0.2) is 24.3 Å². The van der Waals surface area contributed by atoms with E-state index in [-0.39, 0.29) is 30.9 Å². The van der Waals surface area contributed by atoms with Crippen LogP contribution < -0.4 is 0 Å². The minimum absolute atomic E-state index is 0.00154. The molecule has 0 aliphatic carbocycles. The Morgan fingerprint density at radius 3 is 2.70 bits per heavy atom. The fourth-order valence-electron chi connectivity index (χ4n) is 3.88. The maximum atomic E-state index is 12.6. The minimum atomic E-state index is -0.433.